The summed E-state index contributed by atoms with van der Waals surface area (Å²) in [5.41, 5.74) is 5.92. The van der Waals surface area contributed by atoms with Gasteiger partial charge in [-0.1, -0.05) is 24.6 Å². The largest absolute Gasteiger partial charge is 0.496 e. The molecule has 3 N–H and O–H groups in total. The van der Waals surface area contributed by atoms with Crippen molar-refractivity contribution < 1.29 is 9.53 Å². The summed E-state index contributed by atoms with van der Waals surface area (Å²) in [6.07, 6.45) is 0. The number of hydrogen-bond donors (Lipinski definition) is 2. The predicted molar refractivity (Wildman–Crippen MR) is 63.6 cm³/mol. The Morgan fingerprint density at radius 3 is 2.81 bits per heavy atom. The van der Waals surface area contributed by atoms with Crippen molar-refractivity contribution in [2.24, 2.45) is 5.73 Å². The zero-order valence-corrected chi connectivity index (χ0v) is 10.0. The highest BCUT2D eigenvalue weighted by atomic mass is 35.5. The molecule has 0 spiro atoms. The summed E-state index contributed by atoms with van der Waals surface area (Å²) in [5.74, 6) is 0.0745. The number of ether oxygens (including phenoxy) is 1. The van der Waals surface area contributed by atoms with Gasteiger partial charge in [-0.3, -0.25) is 4.79 Å². The standard InChI is InChI=1S/C11H15ClN2O2/c1-3-14-10(11(13)15)9-7(12)5-4-6-8(9)16-2/h4-6,10,14H,3H2,1-2H3,(H2,13,15). The maximum atomic E-state index is 11.4. The number of nitrogens with two attached hydrogens (primary N) is 1. The van der Waals surface area contributed by atoms with Crippen LogP contribution >= 0.6 is 11.6 Å². The van der Waals surface area contributed by atoms with Crippen LogP contribution in [0.25, 0.3) is 0 Å². The number of amides is 1. The Hall–Kier alpha value is -1.26. The van der Waals surface area contributed by atoms with Gasteiger partial charge in [0.15, 0.2) is 0 Å². The van der Waals surface area contributed by atoms with Gasteiger partial charge in [0, 0.05) is 10.6 Å². The van der Waals surface area contributed by atoms with Gasteiger partial charge in [0.25, 0.3) is 0 Å². The lowest BCUT2D eigenvalue weighted by Crippen LogP contribution is -2.34. The fourth-order valence-electron chi connectivity index (χ4n) is 1.52. The van der Waals surface area contributed by atoms with Gasteiger partial charge in [0.1, 0.15) is 11.8 Å². The molecule has 16 heavy (non-hydrogen) atoms. The topological polar surface area (TPSA) is 64.3 Å². The zero-order valence-electron chi connectivity index (χ0n) is 9.29. The summed E-state index contributed by atoms with van der Waals surface area (Å²) in [5, 5.41) is 3.44. The normalized spacial score (nSPS) is 12.2. The number of carbonyl (C=O) groups excluding carboxylic acids is 1. The van der Waals surface area contributed by atoms with Gasteiger partial charge < -0.3 is 15.8 Å². The monoisotopic (exact) mass is 242 g/mol. The summed E-state index contributed by atoms with van der Waals surface area (Å²) >= 11 is 6.05. The van der Waals surface area contributed by atoms with Crippen molar-refractivity contribution in [1.82, 2.24) is 5.32 Å². The lowest BCUT2D eigenvalue weighted by Gasteiger charge is -2.18. The highest BCUT2D eigenvalue weighted by Gasteiger charge is 2.23. The Labute approximate surface area is 99.7 Å². The molecule has 88 valence electrons. The van der Waals surface area contributed by atoms with Crippen LogP contribution in [0.2, 0.25) is 5.02 Å². The summed E-state index contributed by atoms with van der Waals surface area (Å²) < 4.78 is 5.17. The number of rotatable bonds is 5. The van der Waals surface area contributed by atoms with E-state index in [2.05, 4.69) is 5.32 Å². The van der Waals surface area contributed by atoms with Crippen molar-refractivity contribution in [1.29, 1.82) is 0 Å². The van der Waals surface area contributed by atoms with Crippen LogP contribution in [0.4, 0.5) is 0 Å². The molecule has 1 aromatic carbocycles. The lowest BCUT2D eigenvalue weighted by molar-refractivity contribution is -0.120. The van der Waals surface area contributed by atoms with Crippen LogP contribution in [-0.2, 0) is 4.79 Å². The number of carbonyl (C=O) groups is 1. The second-order valence-corrected chi connectivity index (χ2v) is 3.66. The number of hydrogen-bond acceptors (Lipinski definition) is 3. The van der Waals surface area contributed by atoms with Crippen molar-refractivity contribution in [2.45, 2.75) is 13.0 Å². The minimum atomic E-state index is -0.631. The first-order valence-corrected chi connectivity index (χ1v) is 5.34. The first kappa shape index (κ1) is 12.8. The third-order valence-electron chi connectivity index (χ3n) is 2.21. The molecule has 1 rings (SSSR count). The van der Waals surface area contributed by atoms with Crippen LogP contribution in [0.5, 0.6) is 5.75 Å². The van der Waals surface area contributed by atoms with Crippen LogP contribution in [0.3, 0.4) is 0 Å². The molecule has 0 bridgehead atoms. The molecule has 0 aromatic heterocycles. The average molecular weight is 243 g/mol. The number of halogens is 1. The zero-order chi connectivity index (χ0) is 12.1. The highest BCUT2D eigenvalue weighted by molar-refractivity contribution is 6.31. The molecule has 1 unspecified atom stereocenters. The second-order valence-electron chi connectivity index (χ2n) is 3.25. The number of benzene rings is 1. The Kier molecular flexibility index (Phi) is 4.58. The highest BCUT2D eigenvalue weighted by Crippen LogP contribution is 2.31. The second kappa shape index (κ2) is 5.72. The molecule has 1 atom stereocenters. The number of methoxy groups -OCH3 is 1. The molecule has 0 saturated carbocycles. The van der Waals surface area contributed by atoms with E-state index in [4.69, 9.17) is 22.1 Å². The van der Waals surface area contributed by atoms with E-state index in [0.717, 1.165) is 0 Å². The van der Waals surface area contributed by atoms with E-state index in [1.54, 1.807) is 18.2 Å². The quantitative estimate of drug-likeness (QED) is 0.822. The minimum absolute atomic E-state index is 0.462. The van der Waals surface area contributed by atoms with Crippen molar-refractivity contribution in [3.05, 3.63) is 28.8 Å². The third kappa shape index (κ3) is 2.65. The molecule has 0 aliphatic carbocycles. The molecule has 0 radical (unpaired) electrons. The molecule has 0 aliphatic rings. The van der Waals surface area contributed by atoms with E-state index in [-0.39, 0.29) is 0 Å². The fourth-order valence-corrected chi connectivity index (χ4v) is 1.80. The van der Waals surface area contributed by atoms with E-state index in [0.29, 0.717) is 22.9 Å². The number of likely N-dealkylation sites (N-methyl/N-ethyl adjacent to an activating group) is 1. The third-order valence-corrected chi connectivity index (χ3v) is 2.54. The Bertz CT molecular complexity index is 382. The van der Waals surface area contributed by atoms with Crippen molar-refractivity contribution >= 4 is 17.5 Å². The summed E-state index contributed by atoms with van der Waals surface area (Å²) in [4.78, 5) is 11.4. The lowest BCUT2D eigenvalue weighted by atomic mass is 10.0. The summed E-state index contributed by atoms with van der Waals surface area (Å²) in [6, 6.07) is 4.57. The van der Waals surface area contributed by atoms with Crippen molar-refractivity contribution in [3.8, 4) is 5.75 Å². The van der Waals surface area contributed by atoms with Gasteiger partial charge in [-0.2, -0.15) is 0 Å². The Morgan fingerprint density at radius 2 is 2.31 bits per heavy atom. The van der Waals surface area contributed by atoms with Gasteiger partial charge in [-0.25, -0.2) is 0 Å². The van der Waals surface area contributed by atoms with Crippen molar-refractivity contribution in [3.63, 3.8) is 0 Å². The van der Waals surface area contributed by atoms with Gasteiger partial charge in [0.05, 0.1) is 7.11 Å². The molecular formula is C11H15ClN2O2. The number of nitrogens with one attached hydrogen (secondary N) is 1. The first-order chi connectivity index (χ1) is 7.61. The van der Waals surface area contributed by atoms with Gasteiger partial charge in [0.2, 0.25) is 5.91 Å². The van der Waals surface area contributed by atoms with Gasteiger partial charge in [-0.15, -0.1) is 0 Å². The minimum Gasteiger partial charge on any atom is -0.496 e. The van der Waals surface area contributed by atoms with E-state index in [1.165, 1.54) is 7.11 Å². The summed E-state index contributed by atoms with van der Waals surface area (Å²) in [7, 11) is 1.53. The Balaban J connectivity index is 3.21. The van der Waals surface area contributed by atoms with E-state index in [9.17, 15) is 4.79 Å². The molecule has 0 saturated heterocycles. The molecule has 5 heteroatoms. The average Bonchev–Trinajstić information content (AvgIpc) is 2.26. The van der Waals surface area contributed by atoms with Crippen LogP contribution in [0, 0.1) is 0 Å². The molecule has 4 nitrogen and oxygen atoms in total. The first-order valence-electron chi connectivity index (χ1n) is 4.96. The number of primary amides is 1. The fraction of sp³-hybridized carbons (Fsp3) is 0.364. The molecular weight excluding hydrogens is 228 g/mol. The van der Waals surface area contributed by atoms with E-state index >= 15 is 0 Å². The molecule has 0 aliphatic heterocycles. The molecule has 0 fully saturated rings. The van der Waals surface area contributed by atoms with Gasteiger partial charge in [-0.05, 0) is 18.7 Å². The SMILES string of the molecule is CCNC(C(N)=O)c1c(Cl)cccc1OC. The molecule has 1 aromatic rings. The molecule has 0 heterocycles. The maximum absolute atomic E-state index is 11.4. The maximum Gasteiger partial charge on any atom is 0.239 e. The molecule has 1 amide bonds. The van der Waals surface area contributed by atoms with E-state index < -0.39 is 11.9 Å². The van der Waals surface area contributed by atoms with Crippen LogP contribution in [-0.4, -0.2) is 19.6 Å². The summed E-state index contributed by atoms with van der Waals surface area (Å²) in [6.45, 7) is 2.50. The predicted octanol–water partition coefficient (Wildman–Crippen LogP) is 1.48. The van der Waals surface area contributed by atoms with Crippen LogP contribution in [0.15, 0.2) is 18.2 Å². The van der Waals surface area contributed by atoms with Gasteiger partial charge >= 0.3 is 0 Å². The smallest absolute Gasteiger partial charge is 0.239 e. The van der Waals surface area contributed by atoms with Crippen LogP contribution < -0.4 is 15.8 Å². The van der Waals surface area contributed by atoms with Crippen LogP contribution in [0.1, 0.15) is 18.5 Å². The Morgan fingerprint density at radius 1 is 1.62 bits per heavy atom. The van der Waals surface area contributed by atoms with Crippen molar-refractivity contribution in [2.75, 3.05) is 13.7 Å². The van der Waals surface area contributed by atoms with E-state index in [1.807, 2.05) is 6.92 Å².